The van der Waals surface area contributed by atoms with Crippen LogP contribution in [0.3, 0.4) is 0 Å². The van der Waals surface area contributed by atoms with E-state index in [-0.39, 0.29) is 26.0 Å². The van der Waals surface area contributed by atoms with Crippen LogP contribution in [-0.4, -0.2) is 84.2 Å². The van der Waals surface area contributed by atoms with Crippen LogP contribution in [-0.2, 0) is 29.1 Å². The summed E-state index contributed by atoms with van der Waals surface area (Å²) in [7, 11) is -3.88. The molecule has 1 saturated heterocycles. The van der Waals surface area contributed by atoms with Crippen molar-refractivity contribution in [2.75, 3.05) is 13.2 Å². The number of sulfonamides is 1. The van der Waals surface area contributed by atoms with Crippen LogP contribution < -0.4 is 20.1 Å². The van der Waals surface area contributed by atoms with E-state index in [0.29, 0.717) is 31.6 Å². The Kier molecular flexibility index (Phi) is 9.20. The molecule has 1 unspecified atom stereocenters. The van der Waals surface area contributed by atoms with E-state index in [2.05, 4.69) is 26.9 Å². The Morgan fingerprint density at radius 2 is 1.96 bits per heavy atom. The second-order valence-electron chi connectivity index (χ2n) is 14.4. The molecule has 0 spiro atoms. The summed E-state index contributed by atoms with van der Waals surface area (Å²) in [6, 6.07) is 5.57. The number of fused-ring (bicyclic) bond motifs is 3. The molecule has 3 N–H and O–H groups in total. The van der Waals surface area contributed by atoms with Gasteiger partial charge >= 0.3 is 6.09 Å². The van der Waals surface area contributed by atoms with E-state index in [1.807, 2.05) is 36.4 Å². The molecule has 49 heavy (non-hydrogen) atoms. The van der Waals surface area contributed by atoms with E-state index in [9.17, 15) is 27.6 Å². The van der Waals surface area contributed by atoms with Crippen LogP contribution in [0.2, 0.25) is 0 Å². The minimum Gasteiger partial charge on any atom is -0.472 e. The number of rotatable bonds is 6. The third kappa shape index (κ3) is 7.29. The lowest BCUT2D eigenvalue weighted by molar-refractivity contribution is -0.142. The maximum absolute atomic E-state index is 14.4. The Bertz CT molecular complexity index is 1820. The number of nitrogens with zero attached hydrogens (tertiary/aromatic N) is 2. The van der Waals surface area contributed by atoms with Gasteiger partial charge in [0.25, 0.3) is 5.91 Å². The molecule has 3 heterocycles. The van der Waals surface area contributed by atoms with Crippen molar-refractivity contribution in [3.05, 3.63) is 54.8 Å². The number of ether oxygens (including phenoxy) is 2. The van der Waals surface area contributed by atoms with Crippen molar-refractivity contribution in [1.82, 2.24) is 25.2 Å². The van der Waals surface area contributed by atoms with Crippen molar-refractivity contribution in [1.29, 1.82) is 0 Å². The molecule has 2 aliphatic heterocycles. The smallest absolute Gasteiger partial charge is 0.407 e. The summed E-state index contributed by atoms with van der Waals surface area (Å²) < 4.78 is 39.3. The van der Waals surface area contributed by atoms with Gasteiger partial charge in [-0.2, -0.15) is 0 Å². The molecule has 6 rings (SSSR count). The molecule has 3 fully saturated rings. The Morgan fingerprint density at radius 3 is 2.65 bits per heavy atom. The second-order valence-corrected chi connectivity index (χ2v) is 16.3. The van der Waals surface area contributed by atoms with Crippen LogP contribution in [0.5, 0.6) is 5.88 Å². The lowest BCUT2D eigenvalue weighted by Gasteiger charge is -2.35. The minimum absolute atomic E-state index is 0.0158. The van der Waals surface area contributed by atoms with E-state index >= 15 is 0 Å². The molecule has 4 aliphatic rings. The number of alkyl carbamates (subject to hydrolysis) is 1. The molecular weight excluding hydrogens is 650 g/mol. The van der Waals surface area contributed by atoms with Gasteiger partial charge in [0.05, 0.1) is 18.4 Å². The van der Waals surface area contributed by atoms with Gasteiger partial charge in [0.1, 0.15) is 23.7 Å². The third-order valence-corrected chi connectivity index (χ3v) is 11.4. The maximum atomic E-state index is 14.4. The average molecular weight is 694 g/mol. The summed E-state index contributed by atoms with van der Waals surface area (Å²) in [5.74, 6) is -2.18. The highest BCUT2D eigenvalue weighted by molar-refractivity contribution is 7.91. The zero-order valence-corrected chi connectivity index (χ0v) is 28.8. The molecule has 1 aromatic carbocycles. The molecule has 14 heteroatoms. The second kappa shape index (κ2) is 13.1. The van der Waals surface area contributed by atoms with Gasteiger partial charge in [0, 0.05) is 23.9 Å². The quantitative estimate of drug-likeness (QED) is 0.384. The summed E-state index contributed by atoms with van der Waals surface area (Å²) in [5.41, 5.74) is -1.39. The van der Waals surface area contributed by atoms with Crippen molar-refractivity contribution in [3.8, 4) is 5.88 Å². The van der Waals surface area contributed by atoms with E-state index in [4.69, 9.17) is 9.47 Å². The number of carbonyl (C=O) groups excluding carboxylic acids is 4. The predicted octanol–water partition coefficient (Wildman–Crippen LogP) is 3.20. The number of amides is 4. The first-order chi connectivity index (χ1) is 23.2. The fourth-order valence-electron chi connectivity index (χ4n) is 6.47. The average Bonchev–Trinajstić information content (AvgIpc) is 3.97. The summed E-state index contributed by atoms with van der Waals surface area (Å²) in [5, 5.41) is 6.53. The highest BCUT2D eigenvalue weighted by Gasteiger charge is 2.62. The number of cyclic esters (lactones) is 1. The number of nitrogens with one attached hydrogen (secondary N) is 3. The third-order valence-electron chi connectivity index (χ3n) is 9.56. The van der Waals surface area contributed by atoms with Crippen LogP contribution in [0, 0.1) is 11.3 Å². The number of hydrogen-bond acceptors (Lipinski definition) is 9. The topological polar surface area (TPSA) is 173 Å². The van der Waals surface area contributed by atoms with Crippen molar-refractivity contribution in [3.63, 3.8) is 0 Å². The number of allylic oxidation sites excluding steroid dienone is 1. The van der Waals surface area contributed by atoms with Crippen LogP contribution >= 0.6 is 0 Å². The number of benzene rings is 1. The fourth-order valence-corrected chi connectivity index (χ4v) is 7.83. The van der Waals surface area contributed by atoms with Gasteiger partial charge in [-0.3, -0.25) is 19.1 Å². The maximum Gasteiger partial charge on any atom is 0.407 e. The van der Waals surface area contributed by atoms with Crippen molar-refractivity contribution in [2.45, 2.75) is 88.3 Å². The molecule has 5 atom stereocenters. The van der Waals surface area contributed by atoms with Gasteiger partial charge in [-0.1, -0.05) is 51.1 Å². The predicted molar refractivity (Wildman–Crippen MR) is 182 cm³/mol. The van der Waals surface area contributed by atoms with E-state index in [1.54, 1.807) is 27.0 Å². The van der Waals surface area contributed by atoms with E-state index in [1.165, 1.54) is 11.0 Å². The van der Waals surface area contributed by atoms with E-state index < -0.39 is 74.1 Å². The minimum atomic E-state index is -3.88. The SMILES string of the molecule is C=C[C@@H]1CC1(NC(=O)[C@@H]1C[C@@H]2CN1C(=O)[C@H](C(C)(C)C)NC(=O)OCCC/C=C/c1ccc3ccnc(c3c1)O2)C(=O)NS(=O)(=O)C1CC1. The summed E-state index contributed by atoms with van der Waals surface area (Å²) >= 11 is 0. The Morgan fingerprint density at radius 1 is 1.18 bits per heavy atom. The molecule has 1 aromatic heterocycles. The van der Waals surface area contributed by atoms with Gasteiger partial charge in [0.2, 0.25) is 27.7 Å². The van der Waals surface area contributed by atoms with Crippen molar-refractivity contribution < 1.29 is 37.1 Å². The lowest BCUT2D eigenvalue weighted by atomic mass is 9.85. The Hall–Kier alpha value is -4.46. The molecule has 2 saturated carbocycles. The highest BCUT2D eigenvalue weighted by Crippen LogP contribution is 2.45. The number of hydrogen-bond donors (Lipinski definition) is 3. The first-order valence-corrected chi connectivity index (χ1v) is 18.2. The first-order valence-electron chi connectivity index (χ1n) is 16.7. The van der Waals surface area contributed by atoms with Crippen molar-refractivity contribution in [2.24, 2.45) is 11.3 Å². The van der Waals surface area contributed by atoms with Gasteiger partial charge in [-0.25, -0.2) is 18.2 Å². The lowest BCUT2D eigenvalue weighted by Crippen LogP contribution is -2.60. The molecule has 0 radical (unpaired) electrons. The molecule has 2 aliphatic carbocycles. The molecule has 262 valence electrons. The van der Waals surface area contributed by atoms with Gasteiger partial charge in [-0.05, 0) is 60.6 Å². The van der Waals surface area contributed by atoms with Crippen LogP contribution in [0.1, 0.15) is 64.9 Å². The molecule has 2 aromatic rings. The number of aromatic nitrogens is 1. The van der Waals surface area contributed by atoms with Crippen LogP contribution in [0.4, 0.5) is 4.79 Å². The number of carbonyl (C=O) groups is 4. The Labute approximate surface area is 285 Å². The summed E-state index contributed by atoms with van der Waals surface area (Å²) in [4.78, 5) is 60.7. The largest absolute Gasteiger partial charge is 0.472 e. The van der Waals surface area contributed by atoms with Crippen molar-refractivity contribution >= 4 is 50.7 Å². The van der Waals surface area contributed by atoms with Crippen LogP contribution in [0.25, 0.3) is 16.8 Å². The summed E-state index contributed by atoms with van der Waals surface area (Å²) in [6.45, 7) is 9.27. The molecule has 13 nitrogen and oxygen atoms in total. The monoisotopic (exact) mass is 693 g/mol. The highest BCUT2D eigenvalue weighted by atomic mass is 32.2. The van der Waals surface area contributed by atoms with Crippen LogP contribution in [0.15, 0.2) is 49.2 Å². The zero-order chi connectivity index (χ0) is 35.1. The van der Waals surface area contributed by atoms with Gasteiger partial charge in [0.15, 0.2) is 0 Å². The van der Waals surface area contributed by atoms with Gasteiger partial charge < -0.3 is 25.0 Å². The summed E-state index contributed by atoms with van der Waals surface area (Å²) in [6.07, 6.45) is 8.03. The fraction of sp³-hybridized carbons (Fsp3) is 0.514. The number of pyridine rings is 1. The molecular formula is C35H43N5O8S. The Balaban J connectivity index is 1.33. The molecule has 4 bridgehead atoms. The normalized spacial score (nSPS) is 28.3. The first kappa shape index (κ1) is 34.4. The standard InChI is InChI=1S/C35H43N5O8S/c1-5-23-19-35(23,32(43)39-49(45,46)25-12-13-25)38-29(41)27-18-24-20-40(27)31(42)28(34(2,3)4)37-33(44)47-16-8-6-7-9-21-10-11-22-14-15-36-30(48-24)26(22)17-21/h5,7,9-11,14-15,17,23-25,27-28H,1,6,8,12-13,16,18-20H2,2-4H3,(H,37,44)(H,38,41)(H,39,43)/b9-7+/t23-,24-,27+,28-,35?/m1/s1. The van der Waals surface area contributed by atoms with E-state index in [0.717, 1.165) is 16.3 Å². The van der Waals surface area contributed by atoms with Gasteiger partial charge in [-0.15, -0.1) is 6.58 Å². The zero-order valence-electron chi connectivity index (χ0n) is 27.9. The molecule has 4 amide bonds.